The van der Waals surface area contributed by atoms with Crippen molar-refractivity contribution in [2.24, 2.45) is 5.14 Å². The van der Waals surface area contributed by atoms with Gasteiger partial charge in [0.1, 0.15) is 0 Å². The Morgan fingerprint density at radius 2 is 1.77 bits per heavy atom. The predicted octanol–water partition coefficient (Wildman–Crippen LogP) is 3.12. The summed E-state index contributed by atoms with van der Waals surface area (Å²) >= 11 is 0. The fraction of sp³-hybridized carbons (Fsp3) is 0.353. The Kier molecular flexibility index (Phi) is 3.78. The first-order valence-corrected chi connectivity index (χ1v) is 8.99. The minimum Gasteiger partial charge on any atom is -0.261 e. The highest BCUT2D eigenvalue weighted by Crippen LogP contribution is 2.54. The van der Waals surface area contributed by atoms with Crippen LogP contribution in [0, 0.1) is 0 Å². The number of benzene rings is 1. The van der Waals surface area contributed by atoms with Crippen LogP contribution in [0.1, 0.15) is 54.8 Å². The summed E-state index contributed by atoms with van der Waals surface area (Å²) in [6.45, 7) is 4.31. The molecule has 0 radical (unpaired) electrons. The summed E-state index contributed by atoms with van der Waals surface area (Å²) in [6.07, 6.45) is 3.02. The molecular formula is C17H20N2O2S. The van der Waals surface area contributed by atoms with Gasteiger partial charge in [-0.3, -0.25) is 4.98 Å². The standard InChI is InChI=1S/C17H20N2O2S/c1-11(2)13-5-8-17(19-10-13)16-9-15(16)12-3-6-14(7-4-12)22(18,20)21/h3-8,10-11,15-16H,9H2,1-2H3,(H2,18,20,21). The van der Waals surface area contributed by atoms with E-state index in [9.17, 15) is 8.42 Å². The molecule has 2 atom stereocenters. The van der Waals surface area contributed by atoms with E-state index in [0.717, 1.165) is 17.7 Å². The van der Waals surface area contributed by atoms with E-state index in [2.05, 4.69) is 31.0 Å². The Balaban J connectivity index is 1.74. The Bertz CT molecular complexity index is 765. The SMILES string of the molecule is CC(C)c1ccc(C2CC2c2ccc(S(N)(=O)=O)cc2)nc1. The number of nitrogens with two attached hydrogens (primary N) is 1. The molecule has 0 bridgehead atoms. The zero-order valence-electron chi connectivity index (χ0n) is 12.7. The van der Waals surface area contributed by atoms with Gasteiger partial charge < -0.3 is 0 Å². The van der Waals surface area contributed by atoms with Crippen LogP contribution < -0.4 is 5.14 Å². The van der Waals surface area contributed by atoms with Gasteiger partial charge in [0, 0.05) is 17.8 Å². The molecular weight excluding hydrogens is 296 g/mol. The third-order valence-electron chi connectivity index (χ3n) is 4.28. The van der Waals surface area contributed by atoms with Gasteiger partial charge in [-0.1, -0.05) is 32.0 Å². The molecule has 0 amide bonds. The highest BCUT2D eigenvalue weighted by atomic mass is 32.2. The lowest BCUT2D eigenvalue weighted by Gasteiger charge is -2.06. The maximum absolute atomic E-state index is 11.3. The third-order valence-corrected chi connectivity index (χ3v) is 5.21. The van der Waals surface area contributed by atoms with Crippen molar-refractivity contribution >= 4 is 10.0 Å². The zero-order chi connectivity index (χ0) is 15.9. The maximum atomic E-state index is 11.3. The van der Waals surface area contributed by atoms with Crippen molar-refractivity contribution in [3.8, 4) is 0 Å². The van der Waals surface area contributed by atoms with Crippen molar-refractivity contribution in [1.82, 2.24) is 4.98 Å². The number of hydrogen-bond donors (Lipinski definition) is 1. The Morgan fingerprint density at radius 3 is 2.27 bits per heavy atom. The molecule has 22 heavy (non-hydrogen) atoms. The normalized spacial score (nSPS) is 21.1. The molecule has 1 aliphatic carbocycles. The fourth-order valence-electron chi connectivity index (χ4n) is 2.77. The molecule has 1 aromatic carbocycles. The Morgan fingerprint density at radius 1 is 1.09 bits per heavy atom. The van der Waals surface area contributed by atoms with Crippen LogP contribution in [0.4, 0.5) is 0 Å². The monoisotopic (exact) mass is 316 g/mol. The molecule has 5 heteroatoms. The summed E-state index contributed by atoms with van der Waals surface area (Å²) in [5.74, 6) is 1.34. The van der Waals surface area contributed by atoms with E-state index in [1.54, 1.807) is 12.1 Å². The van der Waals surface area contributed by atoms with Crippen LogP contribution >= 0.6 is 0 Å². The summed E-state index contributed by atoms with van der Waals surface area (Å²) in [5, 5.41) is 5.12. The second-order valence-corrected chi connectivity index (χ2v) is 7.80. The molecule has 2 N–H and O–H groups in total. The molecule has 2 aromatic rings. The molecule has 1 aromatic heterocycles. The van der Waals surface area contributed by atoms with Crippen LogP contribution in [0.25, 0.3) is 0 Å². The first-order chi connectivity index (χ1) is 10.4. The van der Waals surface area contributed by atoms with Crippen LogP contribution in [-0.2, 0) is 10.0 Å². The smallest absolute Gasteiger partial charge is 0.238 e. The van der Waals surface area contributed by atoms with E-state index in [4.69, 9.17) is 5.14 Å². The molecule has 3 rings (SSSR count). The third kappa shape index (κ3) is 3.05. The Hall–Kier alpha value is -1.72. The fourth-order valence-corrected chi connectivity index (χ4v) is 3.29. The number of aromatic nitrogens is 1. The summed E-state index contributed by atoms with van der Waals surface area (Å²) in [7, 11) is -3.62. The Labute approximate surface area is 131 Å². The van der Waals surface area contributed by atoms with E-state index < -0.39 is 10.0 Å². The molecule has 2 unspecified atom stereocenters. The van der Waals surface area contributed by atoms with Crippen molar-refractivity contribution in [3.63, 3.8) is 0 Å². The molecule has 1 fully saturated rings. The van der Waals surface area contributed by atoms with Gasteiger partial charge in [0.2, 0.25) is 10.0 Å². The molecule has 1 saturated carbocycles. The second kappa shape index (κ2) is 5.48. The van der Waals surface area contributed by atoms with Gasteiger partial charge in [0.15, 0.2) is 0 Å². The van der Waals surface area contributed by atoms with Gasteiger partial charge in [-0.05, 0) is 47.6 Å². The van der Waals surface area contributed by atoms with Crippen LogP contribution in [0.5, 0.6) is 0 Å². The quantitative estimate of drug-likeness (QED) is 0.942. The van der Waals surface area contributed by atoms with E-state index in [1.807, 2.05) is 18.3 Å². The number of rotatable bonds is 4. The minimum atomic E-state index is -3.62. The highest BCUT2D eigenvalue weighted by molar-refractivity contribution is 7.89. The van der Waals surface area contributed by atoms with Crippen LogP contribution in [0.3, 0.4) is 0 Å². The summed E-state index contributed by atoms with van der Waals surface area (Å²) in [5.41, 5.74) is 3.51. The molecule has 116 valence electrons. The van der Waals surface area contributed by atoms with Crippen molar-refractivity contribution in [2.75, 3.05) is 0 Å². The van der Waals surface area contributed by atoms with E-state index in [1.165, 1.54) is 5.56 Å². The van der Waals surface area contributed by atoms with Crippen LogP contribution in [-0.4, -0.2) is 13.4 Å². The van der Waals surface area contributed by atoms with Crippen LogP contribution in [0.15, 0.2) is 47.5 Å². The van der Waals surface area contributed by atoms with Gasteiger partial charge >= 0.3 is 0 Å². The van der Waals surface area contributed by atoms with Gasteiger partial charge in [-0.15, -0.1) is 0 Å². The van der Waals surface area contributed by atoms with Crippen molar-refractivity contribution in [1.29, 1.82) is 0 Å². The second-order valence-electron chi connectivity index (χ2n) is 6.23. The minimum absolute atomic E-state index is 0.160. The van der Waals surface area contributed by atoms with E-state index >= 15 is 0 Å². The summed E-state index contributed by atoms with van der Waals surface area (Å²) in [6, 6.07) is 11.1. The first kappa shape index (κ1) is 15.2. The molecule has 1 aliphatic rings. The number of sulfonamides is 1. The van der Waals surface area contributed by atoms with Gasteiger partial charge in [0.05, 0.1) is 4.90 Å². The summed E-state index contributed by atoms with van der Waals surface area (Å²) in [4.78, 5) is 4.74. The highest BCUT2D eigenvalue weighted by Gasteiger charge is 2.40. The van der Waals surface area contributed by atoms with Crippen LogP contribution in [0.2, 0.25) is 0 Å². The number of pyridine rings is 1. The van der Waals surface area contributed by atoms with Gasteiger partial charge in [-0.25, -0.2) is 13.6 Å². The van der Waals surface area contributed by atoms with Crippen molar-refractivity contribution in [2.45, 2.75) is 42.9 Å². The molecule has 1 heterocycles. The lowest BCUT2D eigenvalue weighted by molar-refractivity contribution is 0.598. The number of hydrogen-bond acceptors (Lipinski definition) is 3. The lowest BCUT2D eigenvalue weighted by Crippen LogP contribution is -2.11. The van der Waals surface area contributed by atoms with Gasteiger partial charge in [0.25, 0.3) is 0 Å². The lowest BCUT2D eigenvalue weighted by atomic mass is 10.0. The molecule has 0 aliphatic heterocycles. The average Bonchev–Trinajstić information content (AvgIpc) is 3.27. The summed E-state index contributed by atoms with van der Waals surface area (Å²) < 4.78 is 22.5. The van der Waals surface area contributed by atoms with E-state index in [0.29, 0.717) is 17.8 Å². The first-order valence-electron chi connectivity index (χ1n) is 7.45. The van der Waals surface area contributed by atoms with Crippen molar-refractivity contribution < 1.29 is 8.42 Å². The number of nitrogens with zero attached hydrogens (tertiary/aromatic N) is 1. The topological polar surface area (TPSA) is 73.1 Å². The maximum Gasteiger partial charge on any atom is 0.238 e. The zero-order valence-corrected chi connectivity index (χ0v) is 13.5. The van der Waals surface area contributed by atoms with Crippen molar-refractivity contribution in [3.05, 3.63) is 59.4 Å². The van der Waals surface area contributed by atoms with E-state index in [-0.39, 0.29) is 4.90 Å². The molecule has 0 saturated heterocycles. The largest absolute Gasteiger partial charge is 0.261 e. The molecule has 4 nitrogen and oxygen atoms in total. The van der Waals surface area contributed by atoms with Gasteiger partial charge in [-0.2, -0.15) is 0 Å². The predicted molar refractivity (Wildman–Crippen MR) is 86.2 cm³/mol. The average molecular weight is 316 g/mol. The number of primary sulfonamides is 1. The molecule has 0 spiro atoms.